The summed E-state index contributed by atoms with van der Waals surface area (Å²) >= 11 is 0. The van der Waals surface area contributed by atoms with Gasteiger partial charge in [0, 0.05) is 30.7 Å². The first-order chi connectivity index (χ1) is 11.9. The van der Waals surface area contributed by atoms with Crippen molar-refractivity contribution in [3.8, 4) is 0 Å². The summed E-state index contributed by atoms with van der Waals surface area (Å²) in [6.45, 7) is 3.84. The number of nitrogens with zero attached hydrogens (tertiary/aromatic N) is 3. The van der Waals surface area contributed by atoms with E-state index >= 15 is 0 Å². The van der Waals surface area contributed by atoms with Gasteiger partial charge in [-0.1, -0.05) is 0 Å². The highest BCUT2D eigenvalue weighted by atomic mass is 19.4. The third-order valence-corrected chi connectivity index (χ3v) is 5.18. The van der Waals surface area contributed by atoms with Crippen molar-refractivity contribution in [3.05, 3.63) is 23.5 Å². The summed E-state index contributed by atoms with van der Waals surface area (Å²) in [4.78, 5) is 16.8. The van der Waals surface area contributed by atoms with Crippen LogP contribution < -0.4 is 5.73 Å². The maximum absolute atomic E-state index is 13.7. The number of likely N-dealkylation sites (tertiary alicyclic amines) is 1. The van der Waals surface area contributed by atoms with Gasteiger partial charge >= 0.3 is 12.3 Å². The normalized spacial score (nSPS) is 20.5. The second kappa shape index (κ2) is 5.78. The Kier molecular flexibility index (Phi) is 4.08. The van der Waals surface area contributed by atoms with Crippen LogP contribution >= 0.6 is 0 Å². The lowest BCUT2D eigenvalue weighted by atomic mass is 9.79. The molecule has 2 aromatic rings. The first-order valence-corrected chi connectivity index (χ1v) is 8.24. The predicted molar refractivity (Wildman–Crippen MR) is 90.9 cm³/mol. The van der Waals surface area contributed by atoms with Crippen LogP contribution in [-0.4, -0.2) is 37.7 Å². The maximum atomic E-state index is 13.7. The van der Waals surface area contributed by atoms with Crippen molar-refractivity contribution in [2.75, 3.05) is 12.3 Å². The molecular weight excluding hydrogens is 349 g/mol. The molecule has 0 spiro atoms. The lowest BCUT2D eigenvalue weighted by Crippen LogP contribution is -2.51. The van der Waals surface area contributed by atoms with Gasteiger partial charge in [0.25, 0.3) is 0 Å². The molecule has 2 aromatic heterocycles. The quantitative estimate of drug-likeness (QED) is 0.799. The standard InChI is InChI=1S/C17H21F3N4O2/c1-16(2)6-9(4-5-24(16)15(25)26)10-8-23(3)14-12(10)13(17(18,19)20)11(21)7-22-14/h7-9H,4-6,21H2,1-3H3,(H,25,26). The van der Waals surface area contributed by atoms with Crippen molar-refractivity contribution >= 4 is 22.8 Å². The fourth-order valence-corrected chi connectivity index (χ4v) is 4.03. The van der Waals surface area contributed by atoms with E-state index in [4.69, 9.17) is 5.73 Å². The van der Waals surface area contributed by atoms with Gasteiger partial charge in [-0.3, -0.25) is 0 Å². The SMILES string of the molecule is Cn1cc(C2CCN(C(=O)O)C(C)(C)C2)c2c(C(F)(F)F)c(N)cnc21. The molecule has 3 rings (SSSR count). The Morgan fingerprint density at radius 3 is 2.62 bits per heavy atom. The number of halogens is 3. The highest BCUT2D eigenvalue weighted by molar-refractivity contribution is 5.89. The molecule has 26 heavy (non-hydrogen) atoms. The van der Waals surface area contributed by atoms with E-state index in [-0.39, 0.29) is 23.5 Å². The van der Waals surface area contributed by atoms with Gasteiger partial charge in [-0.05, 0) is 38.2 Å². The van der Waals surface area contributed by atoms with E-state index in [9.17, 15) is 23.1 Å². The number of hydrogen-bond acceptors (Lipinski definition) is 3. The summed E-state index contributed by atoms with van der Waals surface area (Å²) in [5.41, 5.74) is 4.42. The van der Waals surface area contributed by atoms with Crippen LogP contribution in [0.15, 0.2) is 12.4 Å². The molecule has 6 nitrogen and oxygen atoms in total. The van der Waals surface area contributed by atoms with Gasteiger partial charge < -0.3 is 20.3 Å². The zero-order chi connectivity index (χ0) is 19.4. The van der Waals surface area contributed by atoms with Crippen LogP contribution in [-0.2, 0) is 13.2 Å². The molecule has 9 heteroatoms. The first kappa shape index (κ1) is 18.3. The predicted octanol–water partition coefficient (Wildman–Crippen LogP) is 3.81. The third-order valence-electron chi connectivity index (χ3n) is 5.18. The number of piperidine rings is 1. The number of rotatable bonds is 1. The minimum atomic E-state index is -4.60. The van der Waals surface area contributed by atoms with Crippen LogP contribution in [0.1, 0.15) is 43.7 Å². The lowest BCUT2D eigenvalue weighted by Gasteiger charge is -2.44. The zero-order valence-corrected chi connectivity index (χ0v) is 14.8. The van der Waals surface area contributed by atoms with Gasteiger partial charge in [0.05, 0.1) is 17.4 Å². The number of fused-ring (bicyclic) bond motifs is 1. The van der Waals surface area contributed by atoms with Crippen molar-refractivity contribution in [3.63, 3.8) is 0 Å². The molecule has 0 bridgehead atoms. The van der Waals surface area contributed by atoms with Gasteiger partial charge in [0.15, 0.2) is 0 Å². The molecule has 0 aromatic carbocycles. The maximum Gasteiger partial charge on any atom is 0.419 e. The van der Waals surface area contributed by atoms with Crippen LogP contribution in [0.4, 0.5) is 23.7 Å². The van der Waals surface area contributed by atoms with Crippen LogP contribution in [0, 0.1) is 0 Å². The van der Waals surface area contributed by atoms with Crippen molar-refractivity contribution < 1.29 is 23.1 Å². The molecule has 142 valence electrons. The molecule has 0 saturated carbocycles. The van der Waals surface area contributed by atoms with Gasteiger partial charge in [0.1, 0.15) is 5.65 Å². The zero-order valence-electron chi connectivity index (χ0n) is 14.8. The van der Waals surface area contributed by atoms with Crippen LogP contribution in [0.25, 0.3) is 11.0 Å². The second-order valence-electron chi connectivity index (χ2n) is 7.42. The topological polar surface area (TPSA) is 84.4 Å². The first-order valence-electron chi connectivity index (χ1n) is 8.24. The molecule has 1 aliphatic rings. The Labute approximate surface area is 148 Å². The van der Waals surface area contributed by atoms with E-state index in [2.05, 4.69) is 4.98 Å². The number of anilines is 1. The molecule has 1 amide bonds. The molecule has 1 aliphatic heterocycles. The molecule has 1 saturated heterocycles. The van der Waals surface area contributed by atoms with Crippen molar-refractivity contribution in [2.45, 2.75) is 44.3 Å². The van der Waals surface area contributed by atoms with Crippen LogP contribution in [0.3, 0.4) is 0 Å². The van der Waals surface area contributed by atoms with Gasteiger partial charge in [-0.2, -0.15) is 13.2 Å². The fourth-order valence-electron chi connectivity index (χ4n) is 4.03. The van der Waals surface area contributed by atoms with E-state index in [0.29, 0.717) is 18.4 Å². The lowest BCUT2D eigenvalue weighted by molar-refractivity contribution is -0.135. The molecule has 1 fully saturated rings. The number of carbonyl (C=O) groups is 1. The van der Waals surface area contributed by atoms with Crippen LogP contribution in [0.5, 0.6) is 0 Å². The number of alkyl halides is 3. The van der Waals surface area contributed by atoms with Gasteiger partial charge in [-0.15, -0.1) is 0 Å². The summed E-state index contributed by atoms with van der Waals surface area (Å²) in [5, 5.41) is 9.36. The van der Waals surface area contributed by atoms with E-state index in [1.54, 1.807) is 31.7 Å². The van der Waals surface area contributed by atoms with E-state index < -0.39 is 29.1 Å². The summed E-state index contributed by atoms with van der Waals surface area (Å²) in [6.07, 6.45) is -2.06. The largest absolute Gasteiger partial charge is 0.465 e. The smallest absolute Gasteiger partial charge is 0.419 e. The molecule has 1 atom stereocenters. The Morgan fingerprint density at radius 1 is 1.42 bits per heavy atom. The Morgan fingerprint density at radius 2 is 2.08 bits per heavy atom. The van der Waals surface area contributed by atoms with E-state index in [1.807, 2.05) is 0 Å². The average Bonchev–Trinajstić information content (AvgIpc) is 2.81. The average molecular weight is 370 g/mol. The highest BCUT2D eigenvalue weighted by Crippen LogP contribution is 2.45. The molecule has 3 heterocycles. The molecule has 3 N–H and O–H groups in total. The molecular formula is C17H21F3N4O2. The number of hydrogen-bond donors (Lipinski definition) is 2. The minimum Gasteiger partial charge on any atom is -0.465 e. The number of aromatic nitrogens is 2. The molecule has 1 unspecified atom stereocenters. The van der Waals surface area contributed by atoms with E-state index in [0.717, 1.165) is 6.20 Å². The molecule has 0 aliphatic carbocycles. The number of carboxylic acid groups (broad SMARTS) is 1. The summed E-state index contributed by atoms with van der Waals surface area (Å²) < 4.78 is 42.5. The number of pyridine rings is 1. The molecule has 0 radical (unpaired) electrons. The Hall–Kier alpha value is -2.45. The number of aryl methyl sites for hydroxylation is 1. The number of nitrogen functional groups attached to an aromatic ring is 1. The Bertz CT molecular complexity index is 873. The monoisotopic (exact) mass is 370 g/mol. The highest BCUT2D eigenvalue weighted by Gasteiger charge is 2.42. The van der Waals surface area contributed by atoms with Crippen molar-refractivity contribution in [1.82, 2.24) is 14.5 Å². The van der Waals surface area contributed by atoms with Crippen molar-refractivity contribution in [2.24, 2.45) is 7.05 Å². The number of nitrogens with two attached hydrogens (primary N) is 1. The van der Waals surface area contributed by atoms with Gasteiger partial charge in [0.2, 0.25) is 0 Å². The fraction of sp³-hybridized carbons (Fsp3) is 0.529. The number of amides is 1. The minimum absolute atomic E-state index is 0.0181. The van der Waals surface area contributed by atoms with Gasteiger partial charge in [-0.25, -0.2) is 9.78 Å². The van der Waals surface area contributed by atoms with E-state index in [1.165, 1.54) is 4.90 Å². The third kappa shape index (κ3) is 2.85. The van der Waals surface area contributed by atoms with Crippen LogP contribution in [0.2, 0.25) is 0 Å². The summed E-state index contributed by atoms with van der Waals surface area (Å²) in [5.74, 6) is -0.214. The summed E-state index contributed by atoms with van der Waals surface area (Å²) in [6, 6.07) is 0. The second-order valence-corrected chi connectivity index (χ2v) is 7.42. The van der Waals surface area contributed by atoms with Crippen molar-refractivity contribution in [1.29, 1.82) is 0 Å². The summed E-state index contributed by atoms with van der Waals surface area (Å²) in [7, 11) is 1.65. The Balaban J connectivity index is 2.15.